The number of hydrogen-bond acceptors (Lipinski definition) is 4. The summed E-state index contributed by atoms with van der Waals surface area (Å²) in [5.74, 6) is -1.36. The lowest BCUT2D eigenvalue weighted by molar-refractivity contribution is -0.141. The second kappa shape index (κ2) is 10.3. The second-order valence-corrected chi connectivity index (χ2v) is 8.64. The zero-order valence-corrected chi connectivity index (χ0v) is 19.7. The van der Waals surface area contributed by atoms with Gasteiger partial charge in [-0.15, -0.1) is 0 Å². The molecule has 1 amide bonds. The summed E-state index contributed by atoms with van der Waals surface area (Å²) >= 11 is 6.55. The molecule has 6 nitrogen and oxygen atoms in total. The summed E-state index contributed by atoms with van der Waals surface area (Å²) in [7, 11) is 3.07. The highest BCUT2D eigenvalue weighted by atomic mass is 35.5. The summed E-state index contributed by atoms with van der Waals surface area (Å²) in [5, 5.41) is 10.6. The molecule has 3 aromatic rings. The van der Waals surface area contributed by atoms with Crippen LogP contribution in [0.5, 0.6) is 5.75 Å². The average molecular weight is 480 g/mol. The van der Waals surface area contributed by atoms with Gasteiger partial charge in [0.15, 0.2) is 0 Å². The molecule has 3 unspecified atom stereocenters. The predicted molar refractivity (Wildman–Crippen MR) is 130 cm³/mol. The molecular formula is C27H26ClNO5. The number of carbonyl (C=O) groups is 2. The highest BCUT2D eigenvalue weighted by Crippen LogP contribution is 2.46. The van der Waals surface area contributed by atoms with Crippen molar-refractivity contribution in [3.8, 4) is 16.9 Å². The van der Waals surface area contributed by atoms with E-state index in [4.69, 9.17) is 21.1 Å². The number of carboxylic acid groups (broad SMARTS) is 1. The zero-order chi connectivity index (χ0) is 24.2. The molecule has 1 fully saturated rings. The summed E-state index contributed by atoms with van der Waals surface area (Å²) in [6, 6.07) is 20.5. The van der Waals surface area contributed by atoms with E-state index in [1.807, 2.05) is 54.6 Å². The molecule has 1 N–H and O–H groups in total. The van der Waals surface area contributed by atoms with Gasteiger partial charge in [0, 0.05) is 18.1 Å². The summed E-state index contributed by atoms with van der Waals surface area (Å²) < 4.78 is 11.0. The largest absolute Gasteiger partial charge is 0.496 e. The van der Waals surface area contributed by atoms with Crippen molar-refractivity contribution < 1.29 is 24.2 Å². The molecular weight excluding hydrogens is 454 g/mol. The van der Waals surface area contributed by atoms with E-state index < -0.39 is 24.0 Å². The minimum absolute atomic E-state index is 0.246. The van der Waals surface area contributed by atoms with Gasteiger partial charge in [-0.05, 0) is 35.2 Å². The maximum absolute atomic E-state index is 14.3. The number of methoxy groups -OCH3 is 2. The van der Waals surface area contributed by atoms with Gasteiger partial charge in [-0.2, -0.15) is 0 Å². The van der Waals surface area contributed by atoms with Crippen molar-refractivity contribution in [1.82, 2.24) is 4.90 Å². The first-order valence-corrected chi connectivity index (χ1v) is 11.4. The molecule has 4 rings (SSSR count). The van der Waals surface area contributed by atoms with Crippen LogP contribution in [-0.2, 0) is 9.53 Å². The first-order chi connectivity index (χ1) is 16.5. The molecule has 0 saturated carbocycles. The van der Waals surface area contributed by atoms with Crippen molar-refractivity contribution in [2.45, 2.75) is 18.5 Å². The Hall–Kier alpha value is -3.35. The molecule has 7 heteroatoms. The van der Waals surface area contributed by atoms with E-state index in [0.717, 1.165) is 5.56 Å². The Morgan fingerprint density at radius 3 is 2.35 bits per heavy atom. The van der Waals surface area contributed by atoms with Crippen LogP contribution >= 0.6 is 11.6 Å². The fourth-order valence-corrected chi connectivity index (χ4v) is 5.09. The van der Waals surface area contributed by atoms with E-state index in [1.54, 1.807) is 25.3 Å². The monoisotopic (exact) mass is 479 g/mol. The molecule has 34 heavy (non-hydrogen) atoms. The van der Waals surface area contributed by atoms with Crippen LogP contribution in [0.15, 0.2) is 72.8 Å². The number of likely N-dealkylation sites (tertiary alicyclic amines) is 1. The van der Waals surface area contributed by atoms with Crippen molar-refractivity contribution in [1.29, 1.82) is 0 Å². The molecule has 0 bridgehead atoms. The molecule has 0 aromatic heterocycles. The van der Waals surface area contributed by atoms with Crippen LogP contribution < -0.4 is 4.74 Å². The van der Waals surface area contributed by atoms with Gasteiger partial charge < -0.3 is 19.5 Å². The first kappa shape index (κ1) is 23.8. The Morgan fingerprint density at radius 1 is 1.00 bits per heavy atom. The third-order valence-corrected chi connectivity index (χ3v) is 6.62. The Morgan fingerprint density at radius 2 is 1.71 bits per heavy atom. The lowest BCUT2D eigenvalue weighted by atomic mass is 9.93. The van der Waals surface area contributed by atoms with Gasteiger partial charge in [-0.1, -0.05) is 72.3 Å². The fourth-order valence-electron chi connectivity index (χ4n) is 4.84. The number of halogens is 1. The molecule has 0 radical (unpaired) electrons. The van der Waals surface area contributed by atoms with Gasteiger partial charge in [0.2, 0.25) is 0 Å². The zero-order valence-electron chi connectivity index (χ0n) is 19.0. The van der Waals surface area contributed by atoms with E-state index in [2.05, 4.69) is 0 Å². The Balaban J connectivity index is 1.91. The third-order valence-electron chi connectivity index (χ3n) is 6.28. The summed E-state index contributed by atoms with van der Waals surface area (Å²) in [6.07, 6.45) is 0.251. The Kier molecular flexibility index (Phi) is 7.20. The van der Waals surface area contributed by atoms with Crippen LogP contribution in [0, 0.1) is 5.92 Å². The van der Waals surface area contributed by atoms with E-state index in [1.165, 1.54) is 12.0 Å². The van der Waals surface area contributed by atoms with Gasteiger partial charge in [0.1, 0.15) is 11.8 Å². The number of aliphatic carboxylic acids is 1. The van der Waals surface area contributed by atoms with Gasteiger partial charge in [-0.3, -0.25) is 4.79 Å². The summed E-state index contributed by atoms with van der Waals surface area (Å²) in [4.78, 5) is 28.1. The van der Waals surface area contributed by atoms with Gasteiger partial charge >= 0.3 is 5.97 Å². The van der Waals surface area contributed by atoms with Crippen molar-refractivity contribution in [3.63, 3.8) is 0 Å². The maximum Gasteiger partial charge on any atom is 0.326 e. The van der Waals surface area contributed by atoms with Crippen LogP contribution in [-0.4, -0.2) is 48.8 Å². The van der Waals surface area contributed by atoms with Crippen LogP contribution in [0.3, 0.4) is 0 Å². The standard InChI is InChI=1S/C27H26ClNO5/c1-33-16-18-15-22(27(31)32)29(25(18)20-11-6-7-13-21(20)28)26(30)24-19(12-8-14-23(24)34-2)17-9-4-3-5-10-17/h3-14,18,22,25H,15-16H2,1-2H3,(H,31,32). The number of carbonyl (C=O) groups excluding carboxylic acids is 1. The third kappa shape index (κ3) is 4.39. The first-order valence-electron chi connectivity index (χ1n) is 11.0. The molecule has 3 aromatic carbocycles. The average Bonchev–Trinajstić information content (AvgIpc) is 3.23. The van der Waals surface area contributed by atoms with Crippen LogP contribution in [0.4, 0.5) is 0 Å². The van der Waals surface area contributed by atoms with Gasteiger partial charge in [0.25, 0.3) is 5.91 Å². The molecule has 3 atom stereocenters. The maximum atomic E-state index is 14.3. The van der Waals surface area contributed by atoms with Gasteiger partial charge in [-0.25, -0.2) is 4.79 Å². The second-order valence-electron chi connectivity index (χ2n) is 8.23. The molecule has 1 heterocycles. The highest BCUT2D eigenvalue weighted by Gasteiger charge is 2.49. The van der Waals surface area contributed by atoms with Gasteiger partial charge in [0.05, 0.1) is 25.3 Å². The van der Waals surface area contributed by atoms with E-state index in [-0.39, 0.29) is 12.3 Å². The highest BCUT2D eigenvalue weighted by molar-refractivity contribution is 6.31. The minimum Gasteiger partial charge on any atom is -0.496 e. The number of amides is 1. The quantitative estimate of drug-likeness (QED) is 0.496. The number of benzene rings is 3. The number of rotatable bonds is 7. The molecule has 1 aliphatic heterocycles. The number of ether oxygens (including phenoxy) is 2. The predicted octanol–water partition coefficient (Wildman–Crippen LogP) is 5.32. The summed E-state index contributed by atoms with van der Waals surface area (Å²) in [5.41, 5.74) is 2.51. The minimum atomic E-state index is -1.07. The topological polar surface area (TPSA) is 76.1 Å². The van der Waals surface area contributed by atoms with Crippen LogP contribution in [0.2, 0.25) is 5.02 Å². The molecule has 176 valence electrons. The molecule has 0 aliphatic carbocycles. The van der Waals surface area contributed by atoms with Crippen LogP contribution in [0.1, 0.15) is 28.4 Å². The number of hydrogen-bond donors (Lipinski definition) is 1. The molecule has 1 saturated heterocycles. The normalized spacial score (nSPS) is 19.7. The van der Waals surface area contributed by atoms with E-state index >= 15 is 0 Å². The fraction of sp³-hybridized carbons (Fsp3) is 0.259. The van der Waals surface area contributed by atoms with E-state index in [9.17, 15) is 14.7 Å². The lowest BCUT2D eigenvalue weighted by Gasteiger charge is -2.32. The lowest BCUT2D eigenvalue weighted by Crippen LogP contribution is -2.42. The number of nitrogens with zero attached hydrogens (tertiary/aromatic N) is 1. The van der Waals surface area contributed by atoms with Crippen molar-refractivity contribution in [3.05, 3.63) is 88.9 Å². The van der Waals surface area contributed by atoms with E-state index in [0.29, 0.717) is 34.1 Å². The van der Waals surface area contributed by atoms with Crippen molar-refractivity contribution >= 4 is 23.5 Å². The molecule has 1 aliphatic rings. The Labute approximate surface area is 203 Å². The number of carboxylic acids is 1. The Bertz CT molecular complexity index is 1180. The molecule has 0 spiro atoms. The van der Waals surface area contributed by atoms with Crippen molar-refractivity contribution in [2.75, 3.05) is 20.8 Å². The van der Waals surface area contributed by atoms with Crippen LogP contribution in [0.25, 0.3) is 11.1 Å². The smallest absolute Gasteiger partial charge is 0.326 e. The summed E-state index contributed by atoms with van der Waals surface area (Å²) in [6.45, 7) is 0.293. The van der Waals surface area contributed by atoms with Crippen molar-refractivity contribution in [2.24, 2.45) is 5.92 Å². The SMILES string of the molecule is COCC1CC(C(=O)O)N(C(=O)c2c(OC)cccc2-c2ccccc2)C1c1ccccc1Cl.